The summed E-state index contributed by atoms with van der Waals surface area (Å²) in [5.41, 5.74) is 5.46. The topological polar surface area (TPSA) is 130 Å². The fourth-order valence-corrected chi connectivity index (χ4v) is 2.44. The number of hydrogen-bond acceptors (Lipinski definition) is 6. The summed E-state index contributed by atoms with van der Waals surface area (Å²) in [5.74, 6) is 0.526. The van der Waals surface area contributed by atoms with Crippen LogP contribution in [-0.2, 0) is 4.79 Å². The molecule has 1 rings (SSSR count). The Morgan fingerprint density at radius 1 is 1.33 bits per heavy atom. The van der Waals surface area contributed by atoms with Gasteiger partial charge < -0.3 is 21.5 Å². The highest BCUT2D eigenvalue weighted by molar-refractivity contribution is 7.99. The van der Waals surface area contributed by atoms with E-state index >= 15 is 0 Å². The Bertz CT molecular complexity index is 482. The molecule has 1 aromatic heterocycles. The minimum atomic E-state index is -1.07. The summed E-state index contributed by atoms with van der Waals surface area (Å²) < 4.78 is 0. The quantitative estimate of drug-likeness (QED) is 0.317. The van der Waals surface area contributed by atoms with Crippen molar-refractivity contribution in [2.24, 2.45) is 0 Å². The number of nitrogens with two attached hydrogens (primary N) is 1. The molecule has 0 bridgehead atoms. The van der Waals surface area contributed by atoms with Crippen molar-refractivity contribution in [1.29, 1.82) is 0 Å². The molecule has 2 amide bonds. The average molecular weight is 334 g/mol. The van der Waals surface area contributed by atoms with E-state index < -0.39 is 6.09 Å². The number of anilines is 1. The lowest BCUT2D eigenvalue weighted by Crippen LogP contribution is -2.29. The average Bonchev–Trinajstić information content (AvgIpc) is 2.36. The van der Waals surface area contributed by atoms with Crippen LogP contribution in [0.1, 0.15) is 12.8 Å². The molecule has 21 heavy (non-hydrogen) atoms. The Hall–Kier alpha value is -1.74. The number of rotatable bonds is 8. The number of carbonyl (C=O) groups is 2. The molecule has 0 unspecified atom stereocenters. The first-order chi connectivity index (χ1) is 9.97. The van der Waals surface area contributed by atoms with Crippen LogP contribution in [-0.4, -0.2) is 45.9 Å². The van der Waals surface area contributed by atoms with Crippen molar-refractivity contribution >= 4 is 41.3 Å². The van der Waals surface area contributed by atoms with Gasteiger partial charge in [0.2, 0.25) is 11.9 Å². The summed E-state index contributed by atoms with van der Waals surface area (Å²) in [6, 6.07) is 1.58. The maximum absolute atomic E-state index is 11.5. The van der Waals surface area contributed by atoms with E-state index in [1.807, 2.05) is 0 Å². The molecule has 1 heterocycles. The van der Waals surface area contributed by atoms with Gasteiger partial charge in [0, 0.05) is 31.3 Å². The number of hydrogen-bond donors (Lipinski definition) is 4. The summed E-state index contributed by atoms with van der Waals surface area (Å²) in [5, 5.41) is 14.2. The number of amides is 2. The van der Waals surface area contributed by atoms with Gasteiger partial charge in [0.05, 0.1) is 0 Å². The van der Waals surface area contributed by atoms with Crippen molar-refractivity contribution in [3.8, 4) is 0 Å². The number of aromatic nitrogens is 2. The lowest BCUT2D eigenvalue weighted by Gasteiger charge is -2.05. The summed E-state index contributed by atoms with van der Waals surface area (Å²) in [6.45, 7) is 0.735. The standard InChI is InChI=1S/C11H16ClN5O3S/c12-7-6-9(17-10(13)16-7)21-5-2-8(18)14-3-1-4-15-11(19)20/h6,15H,1-5H2,(H,14,18)(H,19,20)(H2,13,16,17). The van der Waals surface area contributed by atoms with E-state index in [2.05, 4.69) is 20.6 Å². The van der Waals surface area contributed by atoms with Crippen molar-refractivity contribution in [2.75, 3.05) is 24.6 Å². The van der Waals surface area contributed by atoms with E-state index in [9.17, 15) is 9.59 Å². The zero-order valence-electron chi connectivity index (χ0n) is 11.1. The Balaban J connectivity index is 2.14. The summed E-state index contributed by atoms with van der Waals surface area (Å²) in [7, 11) is 0. The third-order valence-corrected chi connectivity index (χ3v) is 3.33. The van der Waals surface area contributed by atoms with E-state index in [4.69, 9.17) is 22.4 Å². The Kier molecular flexibility index (Phi) is 7.62. The second kappa shape index (κ2) is 9.24. The lowest BCUT2D eigenvalue weighted by atomic mass is 10.4. The fraction of sp³-hybridized carbons (Fsp3) is 0.455. The van der Waals surface area contributed by atoms with Gasteiger partial charge in [-0.25, -0.2) is 14.8 Å². The number of halogens is 1. The second-order valence-electron chi connectivity index (χ2n) is 3.92. The van der Waals surface area contributed by atoms with Gasteiger partial charge >= 0.3 is 6.09 Å². The van der Waals surface area contributed by atoms with Gasteiger partial charge in [-0.05, 0) is 6.42 Å². The molecule has 0 saturated heterocycles. The van der Waals surface area contributed by atoms with E-state index in [1.54, 1.807) is 6.07 Å². The van der Waals surface area contributed by atoms with E-state index in [-0.39, 0.29) is 17.0 Å². The smallest absolute Gasteiger partial charge is 0.404 e. The van der Waals surface area contributed by atoms with Crippen LogP contribution in [0.2, 0.25) is 5.15 Å². The molecule has 5 N–H and O–H groups in total. The molecule has 0 radical (unpaired) electrons. The van der Waals surface area contributed by atoms with Crippen molar-refractivity contribution in [3.05, 3.63) is 11.2 Å². The summed E-state index contributed by atoms with van der Waals surface area (Å²) >= 11 is 7.10. The molecule has 0 aliphatic heterocycles. The molecule has 0 atom stereocenters. The van der Waals surface area contributed by atoms with Crippen molar-refractivity contribution in [3.63, 3.8) is 0 Å². The van der Waals surface area contributed by atoms with Crippen LogP contribution < -0.4 is 16.4 Å². The first kappa shape index (κ1) is 17.3. The van der Waals surface area contributed by atoms with Crippen molar-refractivity contribution in [1.82, 2.24) is 20.6 Å². The number of nitrogens with one attached hydrogen (secondary N) is 2. The van der Waals surface area contributed by atoms with Gasteiger partial charge in [-0.2, -0.15) is 0 Å². The minimum Gasteiger partial charge on any atom is -0.465 e. The second-order valence-corrected chi connectivity index (χ2v) is 5.42. The summed E-state index contributed by atoms with van der Waals surface area (Å²) in [6.07, 6.45) is -0.206. The molecule has 0 aliphatic rings. The highest BCUT2D eigenvalue weighted by Crippen LogP contribution is 2.19. The van der Waals surface area contributed by atoms with Crippen LogP contribution in [0.25, 0.3) is 0 Å². The predicted molar refractivity (Wildman–Crippen MR) is 80.4 cm³/mol. The van der Waals surface area contributed by atoms with Gasteiger partial charge in [-0.15, -0.1) is 11.8 Å². The first-order valence-electron chi connectivity index (χ1n) is 6.13. The van der Waals surface area contributed by atoms with E-state index in [0.29, 0.717) is 36.7 Å². The Morgan fingerprint density at radius 3 is 2.71 bits per heavy atom. The number of nitrogen functional groups attached to an aromatic ring is 1. The van der Waals surface area contributed by atoms with Crippen molar-refractivity contribution < 1.29 is 14.7 Å². The lowest BCUT2D eigenvalue weighted by molar-refractivity contribution is -0.120. The molecule has 0 aromatic carbocycles. The number of carboxylic acid groups (broad SMARTS) is 1. The summed E-state index contributed by atoms with van der Waals surface area (Å²) in [4.78, 5) is 29.4. The fourth-order valence-electron chi connectivity index (χ4n) is 1.34. The van der Waals surface area contributed by atoms with Crippen LogP contribution in [0.4, 0.5) is 10.7 Å². The third-order valence-electron chi connectivity index (χ3n) is 2.22. The molecule has 10 heteroatoms. The van der Waals surface area contributed by atoms with Gasteiger partial charge in [-0.3, -0.25) is 4.79 Å². The molecule has 0 spiro atoms. The normalized spacial score (nSPS) is 10.1. The van der Waals surface area contributed by atoms with Gasteiger partial charge in [-0.1, -0.05) is 11.6 Å². The molecular weight excluding hydrogens is 318 g/mol. The largest absolute Gasteiger partial charge is 0.465 e. The Labute approximate surface area is 130 Å². The van der Waals surface area contributed by atoms with Gasteiger partial charge in [0.25, 0.3) is 0 Å². The molecule has 1 aromatic rings. The number of thioether (sulfide) groups is 1. The maximum Gasteiger partial charge on any atom is 0.404 e. The van der Waals surface area contributed by atoms with Crippen LogP contribution >= 0.6 is 23.4 Å². The van der Waals surface area contributed by atoms with Gasteiger partial charge in [0.1, 0.15) is 10.2 Å². The van der Waals surface area contributed by atoms with Crippen molar-refractivity contribution in [2.45, 2.75) is 17.9 Å². The maximum atomic E-state index is 11.5. The SMILES string of the molecule is Nc1nc(Cl)cc(SCCC(=O)NCCCNC(=O)O)n1. The highest BCUT2D eigenvalue weighted by Gasteiger charge is 2.04. The predicted octanol–water partition coefficient (Wildman–Crippen LogP) is 0.968. The zero-order chi connectivity index (χ0) is 15.7. The van der Waals surface area contributed by atoms with E-state index in [1.165, 1.54) is 11.8 Å². The molecule has 8 nitrogen and oxygen atoms in total. The first-order valence-corrected chi connectivity index (χ1v) is 7.50. The minimum absolute atomic E-state index is 0.0976. The van der Waals surface area contributed by atoms with Crippen LogP contribution in [0.15, 0.2) is 11.1 Å². The highest BCUT2D eigenvalue weighted by atomic mass is 35.5. The van der Waals surface area contributed by atoms with Crippen LogP contribution in [0.5, 0.6) is 0 Å². The number of carbonyl (C=O) groups excluding carboxylic acids is 1. The Morgan fingerprint density at radius 2 is 2.05 bits per heavy atom. The molecule has 116 valence electrons. The zero-order valence-corrected chi connectivity index (χ0v) is 12.7. The molecule has 0 aliphatic carbocycles. The molecule has 0 saturated carbocycles. The van der Waals surface area contributed by atoms with Crippen LogP contribution in [0.3, 0.4) is 0 Å². The number of nitrogens with zero attached hydrogens (tertiary/aromatic N) is 2. The van der Waals surface area contributed by atoms with E-state index in [0.717, 1.165) is 0 Å². The van der Waals surface area contributed by atoms with Gasteiger partial charge in [0.15, 0.2) is 0 Å². The third kappa shape index (κ3) is 8.20. The monoisotopic (exact) mass is 333 g/mol. The van der Waals surface area contributed by atoms with Crippen LogP contribution in [0, 0.1) is 0 Å². The molecule has 0 fully saturated rings. The molecular formula is C11H16ClN5O3S.